The number of rotatable bonds is 6. The molecule has 0 saturated carbocycles. The SMILES string of the molecule is COc1cc(C(=O)N(C)CC(=O)O)cc(OC)c1OC. The molecule has 20 heavy (non-hydrogen) atoms. The smallest absolute Gasteiger partial charge is 0.323 e. The first-order chi connectivity index (χ1) is 9.44. The van der Waals surface area contributed by atoms with Crippen molar-refractivity contribution in [2.45, 2.75) is 0 Å². The van der Waals surface area contributed by atoms with E-state index in [1.165, 1.54) is 40.5 Å². The molecule has 1 aromatic carbocycles. The van der Waals surface area contributed by atoms with Crippen molar-refractivity contribution in [3.05, 3.63) is 17.7 Å². The summed E-state index contributed by atoms with van der Waals surface area (Å²) < 4.78 is 15.4. The number of carbonyl (C=O) groups excluding carboxylic acids is 1. The second-order valence-corrected chi connectivity index (χ2v) is 3.97. The first kappa shape index (κ1) is 15.6. The molecule has 0 spiro atoms. The number of hydrogen-bond donors (Lipinski definition) is 1. The maximum Gasteiger partial charge on any atom is 0.323 e. The number of amides is 1. The van der Waals surface area contributed by atoms with E-state index in [1.807, 2.05) is 0 Å². The average molecular weight is 283 g/mol. The summed E-state index contributed by atoms with van der Waals surface area (Å²) in [5, 5.41) is 8.70. The maximum atomic E-state index is 12.1. The standard InChI is InChI=1S/C13H17NO6/c1-14(7-11(15)16)13(17)8-5-9(18-2)12(20-4)10(6-8)19-3/h5-6H,7H2,1-4H3,(H,15,16). The highest BCUT2D eigenvalue weighted by Crippen LogP contribution is 2.38. The van der Waals surface area contributed by atoms with E-state index in [1.54, 1.807) is 0 Å². The quantitative estimate of drug-likeness (QED) is 0.833. The number of carbonyl (C=O) groups is 2. The number of likely N-dealkylation sites (N-methyl/N-ethyl adjacent to an activating group) is 1. The van der Waals surface area contributed by atoms with E-state index in [4.69, 9.17) is 19.3 Å². The summed E-state index contributed by atoms with van der Waals surface area (Å²) in [5.74, 6) is -0.509. The van der Waals surface area contributed by atoms with E-state index in [0.29, 0.717) is 17.2 Å². The predicted octanol–water partition coefficient (Wildman–Crippen LogP) is 0.869. The van der Waals surface area contributed by atoms with Gasteiger partial charge in [-0.25, -0.2) is 0 Å². The van der Waals surface area contributed by atoms with Crippen LogP contribution in [-0.2, 0) is 4.79 Å². The number of aliphatic carboxylic acids is 1. The zero-order chi connectivity index (χ0) is 15.3. The zero-order valence-electron chi connectivity index (χ0n) is 11.8. The minimum atomic E-state index is -1.09. The van der Waals surface area contributed by atoms with Gasteiger partial charge in [0, 0.05) is 12.6 Å². The summed E-state index contributed by atoms with van der Waals surface area (Å²) in [6.07, 6.45) is 0. The lowest BCUT2D eigenvalue weighted by molar-refractivity contribution is -0.137. The highest BCUT2D eigenvalue weighted by Gasteiger charge is 2.20. The molecule has 110 valence electrons. The molecule has 0 aromatic heterocycles. The van der Waals surface area contributed by atoms with Gasteiger partial charge in [0.25, 0.3) is 5.91 Å². The average Bonchev–Trinajstić information content (AvgIpc) is 2.43. The molecular weight excluding hydrogens is 266 g/mol. The molecular formula is C13H17NO6. The van der Waals surface area contributed by atoms with Gasteiger partial charge in [0.2, 0.25) is 5.75 Å². The van der Waals surface area contributed by atoms with Crippen molar-refractivity contribution in [2.75, 3.05) is 34.9 Å². The van der Waals surface area contributed by atoms with E-state index in [0.717, 1.165) is 4.90 Å². The lowest BCUT2D eigenvalue weighted by Crippen LogP contribution is -2.31. The van der Waals surface area contributed by atoms with Crippen molar-refractivity contribution in [3.63, 3.8) is 0 Å². The van der Waals surface area contributed by atoms with Crippen molar-refractivity contribution in [1.29, 1.82) is 0 Å². The molecule has 7 nitrogen and oxygen atoms in total. The van der Waals surface area contributed by atoms with Gasteiger partial charge in [0.15, 0.2) is 11.5 Å². The lowest BCUT2D eigenvalue weighted by Gasteiger charge is -2.17. The topological polar surface area (TPSA) is 85.3 Å². The second-order valence-electron chi connectivity index (χ2n) is 3.97. The summed E-state index contributed by atoms with van der Waals surface area (Å²) >= 11 is 0. The minimum Gasteiger partial charge on any atom is -0.493 e. The Morgan fingerprint density at radius 2 is 1.60 bits per heavy atom. The molecule has 0 unspecified atom stereocenters. The van der Waals surface area contributed by atoms with Crippen molar-refractivity contribution in [1.82, 2.24) is 4.90 Å². The molecule has 0 aliphatic carbocycles. The highest BCUT2D eigenvalue weighted by molar-refractivity contribution is 5.96. The van der Waals surface area contributed by atoms with Crippen LogP contribution >= 0.6 is 0 Å². The molecule has 0 radical (unpaired) electrons. The molecule has 0 fully saturated rings. The van der Waals surface area contributed by atoms with E-state index in [2.05, 4.69) is 0 Å². The van der Waals surface area contributed by atoms with Crippen molar-refractivity contribution >= 4 is 11.9 Å². The fraction of sp³-hybridized carbons (Fsp3) is 0.385. The third kappa shape index (κ3) is 3.31. The van der Waals surface area contributed by atoms with Crippen LogP contribution in [0, 0.1) is 0 Å². The summed E-state index contributed by atoms with van der Waals surface area (Å²) in [7, 11) is 5.73. The molecule has 0 aliphatic rings. The molecule has 1 aromatic rings. The van der Waals surface area contributed by atoms with Crippen LogP contribution in [0.5, 0.6) is 17.2 Å². The number of hydrogen-bond acceptors (Lipinski definition) is 5. The first-order valence-corrected chi connectivity index (χ1v) is 5.71. The van der Waals surface area contributed by atoms with E-state index in [-0.39, 0.29) is 5.56 Å². The Morgan fingerprint density at radius 3 is 1.95 bits per heavy atom. The Labute approximate surface area is 116 Å². The second kappa shape index (κ2) is 6.65. The maximum absolute atomic E-state index is 12.1. The Balaban J connectivity index is 3.18. The summed E-state index contributed by atoms with van der Waals surface area (Å²) in [6, 6.07) is 2.95. The van der Waals surface area contributed by atoms with Crippen LogP contribution in [0.1, 0.15) is 10.4 Å². The predicted molar refractivity (Wildman–Crippen MR) is 70.7 cm³/mol. The van der Waals surface area contributed by atoms with Crippen molar-refractivity contribution < 1.29 is 28.9 Å². The molecule has 0 aliphatic heterocycles. The number of carboxylic acids is 1. The van der Waals surface area contributed by atoms with Gasteiger partial charge in [0.1, 0.15) is 6.54 Å². The number of methoxy groups -OCH3 is 3. The van der Waals surface area contributed by atoms with Crippen LogP contribution in [0.4, 0.5) is 0 Å². The lowest BCUT2D eigenvalue weighted by atomic mass is 10.1. The molecule has 1 N–H and O–H groups in total. The monoisotopic (exact) mass is 283 g/mol. The Kier molecular flexibility index (Phi) is 5.19. The van der Waals surface area contributed by atoms with E-state index in [9.17, 15) is 9.59 Å². The normalized spacial score (nSPS) is 9.80. The Hall–Kier alpha value is -2.44. The van der Waals surface area contributed by atoms with Crippen molar-refractivity contribution in [2.24, 2.45) is 0 Å². The molecule has 0 heterocycles. The number of nitrogens with zero attached hydrogens (tertiary/aromatic N) is 1. The van der Waals surface area contributed by atoms with E-state index >= 15 is 0 Å². The fourth-order valence-corrected chi connectivity index (χ4v) is 1.70. The van der Waals surface area contributed by atoms with Crippen LogP contribution in [0.3, 0.4) is 0 Å². The van der Waals surface area contributed by atoms with Crippen molar-refractivity contribution in [3.8, 4) is 17.2 Å². The number of benzene rings is 1. The molecule has 1 rings (SSSR count). The number of carboxylic acid groups (broad SMARTS) is 1. The Bertz CT molecular complexity index is 489. The summed E-state index contributed by atoms with van der Waals surface area (Å²) in [4.78, 5) is 23.8. The van der Waals surface area contributed by atoms with Gasteiger partial charge in [-0.2, -0.15) is 0 Å². The van der Waals surface area contributed by atoms with Gasteiger partial charge in [-0.15, -0.1) is 0 Å². The van der Waals surface area contributed by atoms with Gasteiger partial charge in [-0.1, -0.05) is 0 Å². The van der Waals surface area contributed by atoms with Gasteiger partial charge in [0.05, 0.1) is 21.3 Å². The van der Waals surface area contributed by atoms with Gasteiger partial charge in [-0.3, -0.25) is 9.59 Å². The highest BCUT2D eigenvalue weighted by atomic mass is 16.5. The molecule has 7 heteroatoms. The number of ether oxygens (including phenoxy) is 3. The molecule has 0 saturated heterocycles. The third-order valence-corrected chi connectivity index (χ3v) is 2.63. The van der Waals surface area contributed by atoms with Crippen LogP contribution in [0.2, 0.25) is 0 Å². The minimum absolute atomic E-state index is 0.253. The van der Waals surface area contributed by atoms with E-state index < -0.39 is 18.4 Å². The van der Waals surface area contributed by atoms with Crippen LogP contribution < -0.4 is 14.2 Å². The zero-order valence-corrected chi connectivity index (χ0v) is 11.8. The van der Waals surface area contributed by atoms with Gasteiger partial charge < -0.3 is 24.2 Å². The van der Waals surface area contributed by atoms with Crippen LogP contribution in [0.25, 0.3) is 0 Å². The van der Waals surface area contributed by atoms with Gasteiger partial charge in [-0.05, 0) is 12.1 Å². The van der Waals surface area contributed by atoms with Crippen LogP contribution in [0.15, 0.2) is 12.1 Å². The summed E-state index contributed by atoms with van der Waals surface area (Å²) in [5.41, 5.74) is 0.253. The Morgan fingerprint density at radius 1 is 1.10 bits per heavy atom. The molecule has 0 bridgehead atoms. The third-order valence-electron chi connectivity index (χ3n) is 2.63. The summed E-state index contributed by atoms with van der Waals surface area (Å²) in [6.45, 7) is -0.393. The molecule has 0 atom stereocenters. The largest absolute Gasteiger partial charge is 0.493 e. The fourth-order valence-electron chi connectivity index (χ4n) is 1.70. The molecule has 1 amide bonds. The van der Waals surface area contributed by atoms with Gasteiger partial charge >= 0.3 is 5.97 Å². The van der Waals surface area contributed by atoms with Crippen LogP contribution in [-0.4, -0.2) is 56.8 Å². The first-order valence-electron chi connectivity index (χ1n) is 5.71.